The van der Waals surface area contributed by atoms with Crippen molar-refractivity contribution < 1.29 is 26.3 Å². The van der Waals surface area contributed by atoms with Gasteiger partial charge in [-0.1, -0.05) is 23.2 Å². The number of rotatable bonds is 3. The fourth-order valence-electron chi connectivity index (χ4n) is 0.637. The van der Waals surface area contributed by atoms with E-state index in [1.165, 1.54) is 15.9 Å². The smallest absolute Gasteiger partial charge is 0.226 e. The molecular weight excluding hydrogens is 405 g/mol. The van der Waals surface area contributed by atoms with Crippen LogP contribution in [0.25, 0.3) is 0 Å². The molecular formula is C5H2Br2Cl2F6. The van der Waals surface area contributed by atoms with Gasteiger partial charge in [0.15, 0.2) is 3.24 Å². The molecule has 0 aromatic heterocycles. The van der Waals surface area contributed by atoms with Crippen LogP contribution in [0.5, 0.6) is 0 Å². The van der Waals surface area contributed by atoms with Crippen LogP contribution >= 0.6 is 55.1 Å². The standard InChI is InChI=1S/C5H2Br2Cl2F6/c6-3(8,9)1-2(10,4(7,11)12)5(13,14)15/h1H2. The Morgan fingerprint density at radius 1 is 0.867 bits per heavy atom. The second kappa shape index (κ2) is 4.42. The van der Waals surface area contributed by atoms with Gasteiger partial charge >= 0.3 is 11.0 Å². The van der Waals surface area contributed by atoms with E-state index in [4.69, 9.17) is 23.2 Å². The quantitative estimate of drug-likeness (QED) is 0.448. The molecule has 0 heterocycles. The normalized spacial score (nSPS) is 18.8. The molecule has 0 nitrogen and oxygen atoms in total. The summed E-state index contributed by atoms with van der Waals surface area (Å²) in [6.07, 6.45) is -7.69. The van der Waals surface area contributed by atoms with Gasteiger partial charge in [0.1, 0.15) is 0 Å². The Labute approximate surface area is 108 Å². The molecule has 0 aliphatic carbocycles. The van der Waals surface area contributed by atoms with Crippen molar-refractivity contribution in [3.05, 3.63) is 0 Å². The van der Waals surface area contributed by atoms with Crippen LogP contribution in [0.4, 0.5) is 26.3 Å². The molecule has 0 spiro atoms. The van der Waals surface area contributed by atoms with Gasteiger partial charge in [0.2, 0.25) is 0 Å². The minimum absolute atomic E-state index is 1.32. The Morgan fingerprint density at radius 2 is 1.20 bits per heavy atom. The molecule has 0 saturated carbocycles. The third-order valence-corrected chi connectivity index (χ3v) is 2.52. The first kappa shape index (κ1) is 16.1. The molecule has 1 unspecified atom stereocenters. The first-order chi connectivity index (χ1) is 6.21. The zero-order valence-corrected chi connectivity index (χ0v) is 11.2. The molecule has 0 saturated heterocycles. The molecule has 0 radical (unpaired) electrons. The van der Waals surface area contributed by atoms with Crippen molar-refractivity contribution in [1.82, 2.24) is 0 Å². The lowest BCUT2D eigenvalue weighted by atomic mass is 10.0. The summed E-state index contributed by atoms with van der Waals surface area (Å²) in [7, 11) is 0. The van der Waals surface area contributed by atoms with Crippen LogP contribution < -0.4 is 0 Å². The van der Waals surface area contributed by atoms with Crippen LogP contribution in [-0.2, 0) is 0 Å². The zero-order valence-electron chi connectivity index (χ0n) is 6.49. The lowest BCUT2D eigenvalue weighted by Gasteiger charge is -2.33. The van der Waals surface area contributed by atoms with Crippen molar-refractivity contribution in [2.75, 3.05) is 0 Å². The second-order valence-electron chi connectivity index (χ2n) is 2.59. The van der Waals surface area contributed by atoms with E-state index in [-0.39, 0.29) is 0 Å². The van der Waals surface area contributed by atoms with E-state index in [9.17, 15) is 26.3 Å². The van der Waals surface area contributed by atoms with E-state index in [1.54, 1.807) is 0 Å². The molecule has 10 heteroatoms. The van der Waals surface area contributed by atoms with E-state index < -0.39 is 26.3 Å². The van der Waals surface area contributed by atoms with Gasteiger partial charge < -0.3 is 0 Å². The minimum Gasteiger partial charge on any atom is -0.226 e. The van der Waals surface area contributed by atoms with E-state index in [2.05, 4.69) is 15.9 Å². The van der Waals surface area contributed by atoms with Crippen LogP contribution in [0.2, 0.25) is 0 Å². The molecule has 0 aliphatic heterocycles. The highest BCUT2D eigenvalue weighted by Gasteiger charge is 2.71. The zero-order chi connectivity index (χ0) is 12.7. The highest BCUT2D eigenvalue weighted by Crippen LogP contribution is 2.55. The van der Waals surface area contributed by atoms with Crippen molar-refractivity contribution in [3.63, 3.8) is 0 Å². The minimum atomic E-state index is -5.82. The lowest BCUT2D eigenvalue weighted by molar-refractivity contribution is -0.276. The average Bonchev–Trinajstić information content (AvgIpc) is 1.77. The molecule has 15 heavy (non-hydrogen) atoms. The van der Waals surface area contributed by atoms with Crippen molar-refractivity contribution in [3.8, 4) is 0 Å². The molecule has 0 rings (SSSR count). The van der Waals surface area contributed by atoms with E-state index in [1.807, 2.05) is 0 Å². The predicted octanol–water partition coefficient (Wildman–Crippen LogP) is 5.16. The molecule has 0 aliphatic rings. The van der Waals surface area contributed by atoms with Crippen molar-refractivity contribution >= 4 is 55.1 Å². The topological polar surface area (TPSA) is 0 Å². The fourth-order valence-corrected chi connectivity index (χ4v) is 1.76. The SMILES string of the molecule is FC(F)(F)C(F)(CC(Cl)(Cl)Br)C(F)(F)Br. The third kappa shape index (κ3) is 4.12. The van der Waals surface area contributed by atoms with Crippen LogP contribution in [0.15, 0.2) is 0 Å². The number of alkyl halides is 10. The van der Waals surface area contributed by atoms with Gasteiger partial charge in [-0.3, -0.25) is 0 Å². The molecule has 0 aromatic rings. The Morgan fingerprint density at radius 3 is 1.27 bits per heavy atom. The first-order valence-corrected chi connectivity index (χ1v) is 5.44. The van der Waals surface area contributed by atoms with Crippen molar-refractivity contribution in [1.29, 1.82) is 0 Å². The average molecular weight is 407 g/mol. The largest absolute Gasteiger partial charge is 0.429 e. The van der Waals surface area contributed by atoms with Gasteiger partial charge in [0, 0.05) is 6.42 Å². The summed E-state index contributed by atoms with van der Waals surface area (Å²) in [5.74, 6) is 0. The molecule has 92 valence electrons. The maximum Gasteiger partial charge on any atom is 0.429 e. The summed E-state index contributed by atoms with van der Waals surface area (Å²) >= 11 is 13.6. The van der Waals surface area contributed by atoms with Crippen LogP contribution in [0.3, 0.4) is 0 Å². The Bertz CT molecular complexity index is 215. The molecule has 0 aromatic carbocycles. The summed E-state index contributed by atoms with van der Waals surface area (Å²) < 4.78 is 72.0. The van der Waals surface area contributed by atoms with Crippen molar-refractivity contribution in [2.45, 2.75) is 26.3 Å². The Balaban J connectivity index is 5.26. The highest BCUT2D eigenvalue weighted by atomic mass is 79.9. The molecule has 0 fully saturated rings. The van der Waals surface area contributed by atoms with E-state index in [0.717, 1.165) is 0 Å². The predicted molar refractivity (Wildman–Crippen MR) is 51.7 cm³/mol. The van der Waals surface area contributed by atoms with Crippen molar-refractivity contribution in [2.24, 2.45) is 0 Å². The van der Waals surface area contributed by atoms with E-state index in [0.29, 0.717) is 0 Å². The monoisotopic (exact) mass is 404 g/mol. The van der Waals surface area contributed by atoms with Gasteiger partial charge in [-0.25, -0.2) is 4.39 Å². The van der Waals surface area contributed by atoms with Gasteiger partial charge in [-0.15, -0.1) is 0 Å². The Kier molecular flexibility index (Phi) is 4.75. The highest BCUT2D eigenvalue weighted by molar-refractivity contribution is 9.11. The summed E-state index contributed by atoms with van der Waals surface area (Å²) in [6.45, 7) is 0. The van der Waals surface area contributed by atoms with Crippen LogP contribution in [-0.4, -0.2) is 19.9 Å². The van der Waals surface area contributed by atoms with Crippen LogP contribution in [0, 0.1) is 0 Å². The molecule has 0 bridgehead atoms. The number of hydrogen-bond donors (Lipinski definition) is 0. The van der Waals surface area contributed by atoms with E-state index >= 15 is 0 Å². The van der Waals surface area contributed by atoms with Crippen LogP contribution in [0.1, 0.15) is 6.42 Å². The second-order valence-corrected chi connectivity index (χ2v) is 7.34. The van der Waals surface area contributed by atoms with Gasteiger partial charge in [0.05, 0.1) is 0 Å². The van der Waals surface area contributed by atoms with Gasteiger partial charge in [0.25, 0.3) is 5.67 Å². The first-order valence-electron chi connectivity index (χ1n) is 3.10. The summed E-state index contributed by atoms with van der Waals surface area (Å²) in [4.78, 5) is -4.83. The summed E-state index contributed by atoms with van der Waals surface area (Å²) in [5, 5.41) is 0. The Hall–Kier alpha value is 1.12. The van der Waals surface area contributed by atoms with Gasteiger partial charge in [-0.05, 0) is 31.9 Å². The van der Waals surface area contributed by atoms with Gasteiger partial charge in [-0.2, -0.15) is 22.0 Å². The third-order valence-electron chi connectivity index (χ3n) is 1.34. The fraction of sp³-hybridized carbons (Fsp3) is 1.00. The number of halogens is 10. The molecule has 0 N–H and O–H groups in total. The summed E-state index contributed by atoms with van der Waals surface area (Å²) in [5.41, 5.74) is -4.87. The maximum absolute atomic E-state index is 13.2. The molecule has 0 amide bonds. The summed E-state index contributed by atoms with van der Waals surface area (Å²) in [6, 6.07) is 0. The molecule has 1 atom stereocenters. The number of hydrogen-bond acceptors (Lipinski definition) is 0. The lowest BCUT2D eigenvalue weighted by Crippen LogP contribution is -2.54. The maximum atomic E-state index is 13.2.